The molecule has 2 atom stereocenters. The fourth-order valence-electron chi connectivity index (χ4n) is 8.94. The van der Waals surface area contributed by atoms with Crippen LogP contribution in [0, 0.1) is 65.6 Å². The first-order valence-corrected chi connectivity index (χ1v) is 21.9. The second-order valence-electron chi connectivity index (χ2n) is 16.3. The number of benzene rings is 3. The molecule has 2 unspecified atom stereocenters. The summed E-state index contributed by atoms with van der Waals surface area (Å²) in [6.45, 7) is 24.1. The Morgan fingerprint density at radius 1 is 0.804 bits per heavy atom. The molecule has 0 aromatic heterocycles. The fourth-order valence-corrected chi connectivity index (χ4v) is 9.73. The molecular weight excluding hydrogens is 892 g/mol. The zero-order valence-electron chi connectivity index (χ0n) is 34.4. The van der Waals surface area contributed by atoms with Gasteiger partial charge in [0, 0.05) is 0 Å². The Bertz CT molecular complexity index is 1940. The summed E-state index contributed by atoms with van der Waals surface area (Å²) in [5, 5.41) is 2.60. The van der Waals surface area contributed by atoms with E-state index < -0.39 is 0 Å². The monoisotopic (exact) mass is 944 g/mol. The zero-order chi connectivity index (χ0) is 40.2. The number of allylic oxidation sites excluding steroid dienone is 10. The predicted octanol–water partition coefficient (Wildman–Crippen LogP) is 16.3. The van der Waals surface area contributed by atoms with Crippen LogP contribution in [0.3, 0.4) is 0 Å². The third-order valence-corrected chi connectivity index (χ3v) is 14.7. The summed E-state index contributed by atoms with van der Waals surface area (Å²) in [5.41, 5.74) is 12.2. The third-order valence-electron chi connectivity index (χ3n) is 13.5. The van der Waals surface area contributed by atoms with E-state index in [9.17, 15) is 0 Å². The van der Waals surface area contributed by atoms with Gasteiger partial charge >= 0.3 is 28.4 Å². The molecule has 56 heavy (non-hydrogen) atoms. The molecule has 3 aromatic rings. The Hall–Kier alpha value is -1.28. The maximum absolute atomic E-state index is 5.70. The topological polar surface area (TPSA) is 0 Å². The normalized spacial score (nSPS) is 21.9. The van der Waals surface area contributed by atoms with Crippen LogP contribution in [0.1, 0.15) is 96.9 Å². The molecular formula is C49H56Cl6Zr-4. The molecule has 1 fully saturated rings. The van der Waals surface area contributed by atoms with Gasteiger partial charge in [0.15, 0.2) is 0 Å². The first-order valence-electron chi connectivity index (χ1n) is 18.7. The van der Waals surface area contributed by atoms with Gasteiger partial charge < -0.3 is 0 Å². The van der Waals surface area contributed by atoms with Crippen LogP contribution in [0.15, 0.2) is 95.6 Å². The Kier molecular flexibility index (Phi) is 18.9. The van der Waals surface area contributed by atoms with Crippen LogP contribution in [0.2, 0.25) is 20.1 Å². The van der Waals surface area contributed by atoms with E-state index in [1.165, 1.54) is 48.2 Å². The molecule has 7 heteroatoms. The molecule has 5 aliphatic carbocycles. The Balaban J connectivity index is 0.000000327. The summed E-state index contributed by atoms with van der Waals surface area (Å²) >= 11 is 23.9. The summed E-state index contributed by atoms with van der Waals surface area (Å²) in [7, 11) is 0. The Labute approximate surface area is 386 Å². The number of fused-ring (bicyclic) bond motifs is 6. The Morgan fingerprint density at radius 3 is 1.82 bits per heavy atom. The quantitative estimate of drug-likeness (QED) is 0.197. The van der Waals surface area contributed by atoms with E-state index in [4.69, 9.17) is 46.4 Å². The molecule has 3 aromatic carbocycles. The van der Waals surface area contributed by atoms with Crippen molar-refractivity contribution in [1.29, 1.82) is 0 Å². The molecule has 5 aliphatic rings. The van der Waals surface area contributed by atoms with E-state index in [1.807, 2.05) is 26.0 Å². The minimum absolute atomic E-state index is 0. The molecule has 0 spiro atoms. The molecule has 0 amide bonds. The van der Waals surface area contributed by atoms with Gasteiger partial charge in [-0.1, -0.05) is 147 Å². The van der Waals surface area contributed by atoms with Gasteiger partial charge in [-0.05, 0) is 40.6 Å². The van der Waals surface area contributed by atoms with Gasteiger partial charge in [-0.25, -0.2) is 18.1 Å². The molecule has 0 bridgehead atoms. The fraction of sp³-hybridized carbons (Fsp3) is 0.388. The van der Waals surface area contributed by atoms with Crippen LogP contribution in [0.4, 0.5) is 0 Å². The van der Waals surface area contributed by atoms with Crippen LogP contribution in [0.5, 0.6) is 0 Å². The number of rotatable bonds is 0. The molecule has 0 aliphatic heterocycles. The van der Waals surface area contributed by atoms with E-state index in [2.05, 4.69) is 120 Å². The second kappa shape index (κ2) is 20.8. The van der Waals surface area contributed by atoms with Crippen molar-refractivity contribution in [2.24, 2.45) is 27.6 Å². The number of hydrogen-bond donors (Lipinski definition) is 0. The number of halogens is 6. The van der Waals surface area contributed by atoms with Crippen LogP contribution in [-0.2, 0) is 30.7 Å². The number of aryl methyl sites for hydroxylation is 2. The molecule has 0 nitrogen and oxygen atoms in total. The first-order chi connectivity index (χ1) is 25.4. The summed E-state index contributed by atoms with van der Waals surface area (Å²) < 4.78 is 3.34. The summed E-state index contributed by atoms with van der Waals surface area (Å²) in [6, 6.07) is 21.8. The van der Waals surface area contributed by atoms with Crippen LogP contribution >= 0.6 is 71.2 Å². The SMILES string of the molecule is C[C-]1C2=C3Cc4ccccc4C3=C3C=CCCC3C2(C)C(C)(C)C(C)(C)C1(C)C.Cc1[c-]cc(Cl)cc1Cl.Cc1[c-]cc(Cl)cc1Cl.Cl.Cl.[C-]1=CC=CC1.[CH2]=[Zr]. The second-order valence-corrected chi connectivity index (χ2v) is 18.0. The van der Waals surface area contributed by atoms with Crippen molar-refractivity contribution < 1.29 is 24.2 Å². The molecule has 0 N–H and O–H groups in total. The minimum atomic E-state index is 0. The summed E-state index contributed by atoms with van der Waals surface area (Å²) in [5.74, 6) is 2.24. The average molecular weight is 949 g/mol. The van der Waals surface area contributed by atoms with E-state index in [0.29, 0.717) is 26.0 Å². The molecule has 8 rings (SSSR count). The van der Waals surface area contributed by atoms with Crippen molar-refractivity contribution in [2.45, 2.75) is 94.9 Å². The van der Waals surface area contributed by atoms with Crippen molar-refractivity contribution in [2.75, 3.05) is 0 Å². The van der Waals surface area contributed by atoms with Crippen molar-refractivity contribution >= 4 is 81.0 Å². The number of hydrogen-bond acceptors (Lipinski definition) is 0. The maximum atomic E-state index is 5.70. The summed E-state index contributed by atoms with van der Waals surface area (Å²) in [4.78, 5) is 0. The molecule has 0 saturated heterocycles. The van der Waals surface area contributed by atoms with Crippen LogP contribution < -0.4 is 0 Å². The van der Waals surface area contributed by atoms with Gasteiger partial charge in [-0.15, -0.1) is 61.4 Å². The van der Waals surface area contributed by atoms with Gasteiger partial charge in [-0.2, -0.15) is 87.9 Å². The predicted molar refractivity (Wildman–Crippen MR) is 248 cm³/mol. The van der Waals surface area contributed by atoms with E-state index >= 15 is 0 Å². The van der Waals surface area contributed by atoms with E-state index in [-0.39, 0.29) is 46.5 Å². The average Bonchev–Trinajstić information content (AvgIpc) is 3.85. The van der Waals surface area contributed by atoms with E-state index in [0.717, 1.165) is 24.0 Å². The molecule has 0 heterocycles. The third kappa shape index (κ3) is 9.68. The summed E-state index contributed by atoms with van der Waals surface area (Å²) in [6.07, 6.45) is 18.5. The van der Waals surface area contributed by atoms with Gasteiger partial charge in [0.05, 0.1) is 0 Å². The zero-order valence-corrected chi connectivity index (χ0v) is 41.6. The van der Waals surface area contributed by atoms with Crippen molar-refractivity contribution in [3.05, 3.63) is 162 Å². The van der Waals surface area contributed by atoms with E-state index in [1.54, 1.807) is 52.5 Å². The first kappa shape index (κ1) is 50.9. The standard InChI is InChI=1S/C29H37.2C7H5Cl2.C5H5.CH2.2ClH.Zr/c1-18-25-22-17-19-13-9-10-14-20(19)24(22)21-15-11-12-16-23(21)29(25,8)28(6,7)27(4,5)26(18,2)3;2*1-5-2-3-6(8)4-7(5)9;1-2-4-5-3-1;;;;/h9-11,13-15,23H,12,16-17H2,1-8H3;2*3-4H,1H3;1-3H,4H2;1H2;2*1H;/q4*-1;;;;. The molecule has 302 valence electrons. The van der Waals surface area contributed by atoms with Crippen LogP contribution in [-0.4, -0.2) is 4.21 Å². The van der Waals surface area contributed by atoms with Gasteiger partial charge in [0.2, 0.25) is 0 Å². The Morgan fingerprint density at radius 2 is 1.36 bits per heavy atom. The molecule has 0 radical (unpaired) electrons. The van der Waals surface area contributed by atoms with Crippen molar-refractivity contribution in [3.63, 3.8) is 0 Å². The van der Waals surface area contributed by atoms with Gasteiger partial charge in [-0.3, -0.25) is 6.08 Å². The van der Waals surface area contributed by atoms with Crippen molar-refractivity contribution in [1.82, 2.24) is 0 Å². The van der Waals surface area contributed by atoms with Crippen molar-refractivity contribution in [3.8, 4) is 0 Å². The van der Waals surface area contributed by atoms with Gasteiger partial charge in [0.25, 0.3) is 0 Å². The van der Waals surface area contributed by atoms with Gasteiger partial charge in [0.1, 0.15) is 0 Å². The van der Waals surface area contributed by atoms with Crippen LogP contribution in [0.25, 0.3) is 5.57 Å². The molecule has 1 saturated carbocycles.